The van der Waals surface area contributed by atoms with E-state index in [9.17, 15) is 32.3 Å². The quantitative estimate of drug-likeness (QED) is 0.0608. The summed E-state index contributed by atoms with van der Waals surface area (Å²) in [6.45, 7) is 5.53. The van der Waals surface area contributed by atoms with Crippen LogP contribution in [0.5, 0.6) is 5.75 Å². The van der Waals surface area contributed by atoms with Crippen molar-refractivity contribution in [2.45, 2.75) is 51.7 Å². The molecule has 1 unspecified atom stereocenters. The lowest BCUT2D eigenvalue weighted by Gasteiger charge is -2.10. The lowest BCUT2D eigenvalue weighted by molar-refractivity contribution is -0.274. The third kappa shape index (κ3) is 21.3. The van der Waals surface area contributed by atoms with Crippen LogP contribution in [-0.2, 0) is 9.59 Å². The number of nitrogens with one attached hydrogen (secondary N) is 3. The topological polar surface area (TPSA) is 232 Å². The third-order valence-corrected chi connectivity index (χ3v) is 5.88. The van der Waals surface area contributed by atoms with Crippen LogP contribution in [0.15, 0.2) is 42.5 Å². The molecule has 0 aliphatic carbocycles. The van der Waals surface area contributed by atoms with Gasteiger partial charge in [0.2, 0.25) is 5.91 Å². The standard InChI is InChI=1S/C10H13IN2O.C9H6ClF3O2.C4H10N2O3.C4H10N2O/c11-9-4-1-3-8(7-9)10(14)13-6-2-5-12;1-5(14)6-2-3-8(7(10)4-6)15-9(11,12)13;1-2(7)3(5)4(8)6-9;1-3(5)4(7)6-2/h1,3-4,7H,2,5-6,12H2,(H,13,14);2-4H,1H3;2-3,7,9H,5H2,1H3,(H,6,8);3H,5H2,1-2H3,(H,6,7)/t;;2-,3-;/m..0./s1. The Balaban J connectivity index is 0. The zero-order chi connectivity index (χ0) is 35.3. The number of rotatable bonds is 9. The van der Waals surface area contributed by atoms with E-state index in [0.717, 1.165) is 22.1 Å². The molecular weight excluding hydrogens is 740 g/mol. The second-order valence-corrected chi connectivity index (χ2v) is 10.5. The van der Waals surface area contributed by atoms with Crippen LogP contribution in [0.3, 0.4) is 0 Å². The number of alkyl halides is 3. The third-order valence-electron chi connectivity index (χ3n) is 4.91. The van der Waals surface area contributed by atoms with Crippen LogP contribution < -0.4 is 38.1 Å². The number of hydrogen-bond acceptors (Lipinski definition) is 10. The van der Waals surface area contributed by atoms with Crippen molar-refractivity contribution in [3.63, 3.8) is 0 Å². The Bertz CT molecular complexity index is 1220. The zero-order valence-corrected chi connectivity index (χ0v) is 27.9. The summed E-state index contributed by atoms with van der Waals surface area (Å²) in [7, 11) is 1.56. The number of amides is 3. The first kappa shape index (κ1) is 44.1. The highest BCUT2D eigenvalue weighted by atomic mass is 127. The highest BCUT2D eigenvalue weighted by molar-refractivity contribution is 14.1. The van der Waals surface area contributed by atoms with Gasteiger partial charge in [-0.15, -0.1) is 13.2 Å². The number of aliphatic hydroxyl groups is 1. The molecule has 0 aliphatic rings. The summed E-state index contributed by atoms with van der Waals surface area (Å²) in [5, 5.41) is 21.5. The molecule has 0 radical (unpaired) electrons. The summed E-state index contributed by atoms with van der Waals surface area (Å²) >= 11 is 7.69. The predicted octanol–water partition coefficient (Wildman–Crippen LogP) is 2.09. The molecule has 2 aromatic rings. The highest BCUT2D eigenvalue weighted by Gasteiger charge is 2.32. The van der Waals surface area contributed by atoms with E-state index in [2.05, 4.69) is 38.0 Å². The van der Waals surface area contributed by atoms with E-state index in [-0.39, 0.29) is 34.2 Å². The van der Waals surface area contributed by atoms with Gasteiger partial charge in [-0.25, -0.2) is 5.48 Å². The Morgan fingerprint density at radius 2 is 1.64 bits per heavy atom. The van der Waals surface area contributed by atoms with E-state index in [1.807, 2.05) is 18.2 Å². The minimum absolute atomic E-state index is 0.0306. The van der Waals surface area contributed by atoms with Crippen molar-refractivity contribution in [1.29, 1.82) is 0 Å². The van der Waals surface area contributed by atoms with Gasteiger partial charge in [-0.1, -0.05) is 17.7 Å². The van der Waals surface area contributed by atoms with E-state index < -0.39 is 30.2 Å². The van der Waals surface area contributed by atoms with E-state index in [0.29, 0.717) is 18.7 Å². The first-order valence-electron chi connectivity index (χ1n) is 13.0. The Morgan fingerprint density at radius 3 is 2.00 bits per heavy atom. The molecule has 0 spiro atoms. The van der Waals surface area contributed by atoms with Crippen molar-refractivity contribution < 1.29 is 47.4 Å². The highest BCUT2D eigenvalue weighted by Crippen LogP contribution is 2.30. The molecule has 0 saturated heterocycles. The second-order valence-electron chi connectivity index (χ2n) is 8.80. The molecule has 3 amide bonds. The summed E-state index contributed by atoms with van der Waals surface area (Å²) in [5.74, 6) is -1.74. The van der Waals surface area contributed by atoms with Crippen LogP contribution in [0, 0.1) is 3.57 Å². The summed E-state index contributed by atoms with van der Waals surface area (Å²) < 4.78 is 40.2. The van der Waals surface area contributed by atoms with Gasteiger partial charge in [-0.2, -0.15) is 0 Å². The molecule has 0 aromatic heterocycles. The average molecular weight is 779 g/mol. The van der Waals surface area contributed by atoms with E-state index in [1.54, 1.807) is 20.0 Å². The molecule has 0 saturated carbocycles. The molecular formula is C27H39ClF3IN6O7. The smallest absolute Gasteiger partial charge is 0.404 e. The molecule has 13 nitrogen and oxygen atoms in total. The van der Waals surface area contributed by atoms with Crippen molar-refractivity contribution in [2.24, 2.45) is 17.2 Å². The van der Waals surface area contributed by atoms with Crippen LogP contribution in [0.1, 0.15) is 47.9 Å². The lowest BCUT2D eigenvalue weighted by atomic mass is 10.1. The summed E-state index contributed by atoms with van der Waals surface area (Å²) in [4.78, 5) is 43.0. The molecule has 0 aliphatic heterocycles. The number of halogens is 5. The number of carbonyl (C=O) groups is 4. The fourth-order valence-corrected chi connectivity index (χ4v) is 3.25. The molecule has 45 heavy (non-hydrogen) atoms. The minimum Gasteiger partial charge on any atom is -0.404 e. The van der Waals surface area contributed by atoms with Gasteiger partial charge in [0, 0.05) is 28.3 Å². The first-order chi connectivity index (χ1) is 20.8. The number of benzene rings is 2. The first-order valence-corrected chi connectivity index (χ1v) is 14.4. The number of hydrogen-bond donors (Lipinski definition) is 8. The maximum absolute atomic E-state index is 11.8. The van der Waals surface area contributed by atoms with Crippen LogP contribution in [0.2, 0.25) is 5.02 Å². The van der Waals surface area contributed by atoms with Gasteiger partial charge in [0.15, 0.2) is 5.78 Å². The Hall–Kier alpha value is -3.07. The monoisotopic (exact) mass is 778 g/mol. The fourth-order valence-electron chi connectivity index (χ4n) is 2.48. The molecule has 0 bridgehead atoms. The van der Waals surface area contributed by atoms with Crippen molar-refractivity contribution in [3.05, 3.63) is 62.2 Å². The Kier molecular flexibility index (Phi) is 22.8. The predicted molar refractivity (Wildman–Crippen MR) is 171 cm³/mol. The van der Waals surface area contributed by atoms with Crippen LogP contribution in [0.25, 0.3) is 0 Å². The molecule has 254 valence electrons. The fraction of sp³-hybridized carbons (Fsp3) is 0.407. The summed E-state index contributed by atoms with van der Waals surface area (Å²) in [6, 6.07) is 9.40. The van der Waals surface area contributed by atoms with E-state index in [4.69, 9.17) is 39.1 Å². The van der Waals surface area contributed by atoms with Crippen molar-refractivity contribution in [1.82, 2.24) is 16.1 Å². The molecule has 18 heteroatoms. The maximum Gasteiger partial charge on any atom is 0.573 e. The number of nitrogens with two attached hydrogens (primary N) is 3. The van der Waals surface area contributed by atoms with Crippen molar-refractivity contribution in [2.75, 3.05) is 20.1 Å². The van der Waals surface area contributed by atoms with E-state index >= 15 is 0 Å². The number of likely N-dealkylation sites (N-methyl/N-ethyl adjacent to an activating group) is 1. The van der Waals surface area contributed by atoms with Crippen LogP contribution in [-0.4, -0.2) is 78.5 Å². The van der Waals surface area contributed by atoms with Gasteiger partial charge in [0.1, 0.15) is 11.8 Å². The van der Waals surface area contributed by atoms with Gasteiger partial charge in [0.05, 0.1) is 17.2 Å². The molecule has 0 heterocycles. The second kappa shape index (κ2) is 23.3. The molecule has 0 fully saturated rings. The number of ether oxygens (including phenoxy) is 1. The summed E-state index contributed by atoms with van der Waals surface area (Å²) in [5.41, 5.74) is 17.8. The van der Waals surface area contributed by atoms with Gasteiger partial charge >= 0.3 is 6.36 Å². The molecule has 11 N–H and O–H groups in total. The van der Waals surface area contributed by atoms with E-state index in [1.165, 1.54) is 25.4 Å². The molecule has 3 atom stereocenters. The normalized spacial score (nSPS) is 12.1. The lowest BCUT2D eigenvalue weighted by Crippen LogP contribution is -2.46. The minimum atomic E-state index is -4.79. The Labute approximate surface area is 277 Å². The van der Waals surface area contributed by atoms with Gasteiger partial charge in [0.25, 0.3) is 11.8 Å². The zero-order valence-electron chi connectivity index (χ0n) is 25.0. The number of Topliss-reactive ketones (excluding diaryl/α,β-unsaturated/α-hetero) is 1. The average Bonchev–Trinajstić information content (AvgIpc) is 2.97. The maximum atomic E-state index is 11.8. The largest absolute Gasteiger partial charge is 0.573 e. The van der Waals surface area contributed by atoms with Crippen molar-refractivity contribution in [3.8, 4) is 5.75 Å². The van der Waals surface area contributed by atoms with Crippen molar-refractivity contribution >= 4 is 57.7 Å². The Morgan fingerprint density at radius 1 is 1.04 bits per heavy atom. The molecule has 2 rings (SSSR count). The van der Waals surface area contributed by atoms with Gasteiger partial charge < -0.3 is 37.7 Å². The van der Waals surface area contributed by atoms with Gasteiger partial charge in [-0.05, 0) is 92.7 Å². The number of aliphatic hydroxyl groups excluding tert-OH is 1. The number of carbonyl (C=O) groups excluding carboxylic acids is 4. The number of ketones is 1. The summed E-state index contributed by atoms with van der Waals surface area (Å²) in [6.07, 6.45) is -4.92. The SMILES string of the molecule is CC(=O)c1ccc(OC(F)(F)F)c(Cl)c1.CNC(=O)C(C)N.C[C@H](O)[C@H](N)C(=O)NO.NCCCNC(=O)c1cccc(I)c1. The number of hydroxylamine groups is 1. The molecule has 2 aromatic carbocycles. The van der Waals surface area contributed by atoms with Gasteiger partial charge in [-0.3, -0.25) is 24.4 Å². The van der Waals surface area contributed by atoms with Crippen LogP contribution in [0.4, 0.5) is 13.2 Å². The van der Waals surface area contributed by atoms with Crippen LogP contribution >= 0.6 is 34.2 Å².